The van der Waals surface area contributed by atoms with Crippen molar-refractivity contribution < 1.29 is 0 Å². The van der Waals surface area contributed by atoms with Crippen LogP contribution in [0.25, 0.3) is 0 Å². The second-order valence-electron chi connectivity index (χ2n) is 3.49. The van der Waals surface area contributed by atoms with Gasteiger partial charge in [0.1, 0.15) is 0 Å². The Morgan fingerprint density at radius 3 is 1.93 bits per heavy atom. The molecule has 0 spiro atoms. The minimum atomic E-state index is 0.749. The second kappa shape index (κ2) is 6.42. The fraction of sp³-hybridized carbons (Fsp3) is 0.429. The van der Waals surface area contributed by atoms with E-state index in [1.165, 1.54) is 18.4 Å². The van der Waals surface area contributed by atoms with Crippen molar-refractivity contribution in [3.63, 3.8) is 0 Å². The van der Waals surface area contributed by atoms with Crippen LogP contribution in [0.15, 0.2) is 48.6 Å². The standard InChI is InChI=1S/C12H16.C2H6/c1-9(2)10(3)5-6-11(4)12-7-8-12;1-2/h5-6,12H,1,3-4,7-8H2,2H3;1-2H3/b6-5-;. The van der Waals surface area contributed by atoms with Gasteiger partial charge < -0.3 is 0 Å². The largest absolute Gasteiger partial charge is 0.0955 e. The molecule has 0 nitrogen and oxygen atoms in total. The van der Waals surface area contributed by atoms with Crippen molar-refractivity contribution >= 4 is 0 Å². The minimum absolute atomic E-state index is 0.749. The number of hydrogen-bond donors (Lipinski definition) is 0. The van der Waals surface area contributed by atoms with Crippen LogP contribution in [0, 0.1) is 5.92 Å². The van der Waals surface area contributed by atoms with Crippen molar-refractivity contribution in [2.75, 3.05) is 0 Å². The van der Waals surface area contributed by atoms with Gasteiger partial charge in [-0.05, 0) is 31.3 Å². The molecule has 0 radical (unpaired) electrons. The molecule has 0 saturated heterocycles. The summed E-state index contributed by atoms with van der Waals surface area (Å²) in [6.45, 7) is 17.6. The van der Waals surface area contributed by atoms with Crippen LogP contribution in [0.5, 0.6) is 0 Å². The minimum Gasteiger partial charge on any atom is -0.0955 e. The van der Waals surface area contributed by atoms with Crippen LogP contribution in [-0.4, -0.2) is 0 Å². The molecule has 0 N–H and O–H groups in total. The highest BCUT2D eigenvalue weighted by Gasteiger charge is 2.22. The maximum atomic E-state index is 3.99. The third-order valence-corrected chi connectivity index (χ3v) is 2.15. The maximum absolute atomic E-state index is 3.99. The Morgan fingerprint density at radius 2 is 1.57 bits per heavy atom. The second-order valence-corrected chi connectivity index (χ2v) is 3.49. The zero-order chi connectivity index (χ0) is 11.1. The SMILES string of the molecule is C=C(C)C(=C)/C=C\C(=C)C1CC1.CC. The molecular formula is C14H22. The summed E-state index contributed by atoms with van der Waals surface area (Å²) in [7, 11) is 0. The number of hydrogen-bond acceptors (Lipinski definition) is 0. The van der Waals surface area contributed by atoms with Gasteiger partial charge >= 0.3 is 0 Å². The van der Waals surface area contributed by atoms with E-state index in [0.717, 1.165) is 17.1 Å². The molecule has 1 aliphatic rings. The van der Waals surface area contributed by atoms with E-state index >= 15 is 0 Å². The number of rotatable bonds is 4. The van der Waals surface area contributed by atoms with E-state index in [-0.39, 0.29) is 0 Å². The molecule has 0 amide bonds. The molecule has 0 aromatic heterocycles. The highest BCUT2D eigenvalue weighted by atomic mass is 14.3. The Labute approximate surface area is 88.7 Å². The smallest absolute Gasteiger partial charge is 0.0167 e. The Hall–Kier alpha value is -1.04. The lowest BCUT2D eigenvalue weighted by atomic mass is 10.1. The van der Waals surface area contributed by atoms with Crippen LogP contribution in [-0.2, 0) is 0 Å². The summed E-state index contributed by atoms with van der Waals surface area (Å²) in [5.74, 6) is 0.749. The predicted molar refractivity (Wildman–Crippen MR) is 66.3 cm³/mol. The van der Waals surface area contributed by atoms with Crippen LogP contribution < -0.4 is 0 Å². The van der Waals surface area contributed by atoms with Crippen molar-refractivity contribution in [2.24, 2.45) is 5.92 Å². The monoisotopic (exact) mass is 190 g/mol. The van der Waals surface area contributed by atoms with E-state index in [2.05, 4.69) is 25.8 Å². The van der Waals surface area contributed by atoms with Crippen molar-refractivity contribution in [3.05, 3.63) is 48.6 Å². The molecule has 1 aliphatic carbocycles. The zero-order valence-electron chi connectivity index (χ0n) is 9.77. The molecule has 0 aromatic carbocycles. The third-order valence-electron chi connectivity index (χ3n) is 2.15. The summed E-state index contributed by atoms with van der Waals surface area (Å²) >= 11 is 0. The summed E-state index contributed by atoms with van der Waals surface area (Å²) < 4.78 is 0. The van der Waals surface area contributed by atoms with Crippen LogP contribution in [0.3, 0.4) is 0 Å². The first-order chi connectivity index (χ1) is 6.61. The van der Waals surface area contributed by atoms with Crippen LogP contribution in [0.2, 0.25) is 0 Å². The molecule has 0 bridgehead atoms. The van der Waals surface area contributed by atoms with Gasteiger partial charge in [-0.2, -0.15) is 0 Å². The zero-order valence-corrected chi connectivity index (χ0v) is 9.77. The average molecular weight is 190 g/mol. The van der Waals surface area contributed by atoms with Gasteiger partial charge in [0, 0.05) is 0 Å². The summed E-state index contributed by atoms with van der Waals surface area (Å²) in [6.07, 6.45) is 6.68. The molecule has 78 valence electrons. The maximum Gasteiger partial charge on any atom is -0.0167 e. The number of allylic oxidation sites excluding steroid dienone is 5. The normalized spacial score (nSPS) is 14.5. The highest BCUT2D eigenvalue weighted by molar-refractivity contribution is 5.37. The van der Waals surface area contributed by atoms with Gasteiger partial charge in [0.25, 0.3) is 0 Å². The van der Waals surface area contributed by atoms with E-state index < -0.39 is 0 Å². The van der Waals surface area contributed by atoms with Crippen molar-refractivity contribution in [1.82, 2.24) is 0 Å². The Kier molecular flexibility index (Phi) is 5.94. The fourth-order valence-corrected chi connectivity index (χ4v) is 0.940. The molecule has 1 fully saturated rings. The van der Waals surface area contributed by atoms with Gasteiger partial charge in [-0.3, -0.25) is 0 Å². The van der Waals surface area contributed by atoms with Crippen molar-refractivity contribution in [3.8, 4) is 0 Å². The molecule has 14 heavy (non-hydrogen) atoms. The predicted octanol–water partition coefficient (Wildman–Crippen LogP) is 4.67. The summed E-state index contributed by atoms with van der Waals surface area (Å²) in [6, 6.07) is 0. The fourth-order valence-electron chi connectivity index (χ4n) is 0.940. The Morgan fingerprint density at radius 1 is 1.07 bits per heavy atom. The molecular weight excluding hydrogens is 168 g/mol. The first-order valence-corrected chi connectivity index (χ1v) is 5.33. The Bertz CT molecular complexity index is 249. The average Bonchev–Trinajstić information content (AvgIpc) is 2.99. The molecule has 0 aliphatic heterocycles. The molecule has 0 heteroatoms. The quantitative estimate of drug-likeness (QED) is 0.565. The third kappa shape index (κ3) is 4.86. The Balaban J connectivity index is 0.000000791. The van der Waals surface area contributed by atoms with Gasteiger partial charge in [0.05, 0.1) is 0 Å². The lowest BCUT2D eigenvalue weighted by Crippen LogP contribution is -1.79. The van der Waals surface area contributed by atoms with E-state index in [1.807, 2.05) is 26.8 Å². The van der Waals surface area contributed by atoms with Gasteiger partial charge in [0.15, 0.2) is 0 Å². The first kappa shape index (κ1) is 13.0. The van der Waals surface area contributed by atoms with Gasteiger partial charge in [-0.1, -0.05) is 56.9 Å². The van der Waals surface area contributed by atoms with E-state index in [0.29, 0.717) is 0 Å². The molecule has 0 atom stereocenters. The molecule has 0 aromatic rings. The van der Waals surface area contributed by atoms with Gasteiger partial charge in [0.2, 0.25) is 0 Å². The van der Waals surface area contributed by atoms with Crippen LogP contribution >= 0.6 is 0 Å². The highest BCUT2D eigenvalue weighted by Crippen LogP contribution is 2.36. The van der Waals surface area contributed by atoms with Gasteiger partial charge in [-0.15, -0.1) is 0 Å². The van der Waals surface area contributed by atoms with E-state index in [1.54, 1.807) is 0 Å². The lowest BCUT2D eigenvalue weighted by molar-refractivity contribution is 1.06. The van der Waals surface area contributed by atoms with Crippen molar-refractivity contribution in [1.29, 1.82) is 0 Å². The van der Waals surface area contributed by atoms with Crippen LogP contribution in [0.4, 0.5) is 0 Å². The van der Waals surface area contributed by atoms with E-state index in [4.69, 9.17) is 0 Å². The molecule has 1 saturated carbocycles. The van der Waals surface area contributed by atoms with Crippen molar-refractivity contribution in [2.45, 2.75) is 33.6 Å². The van der Waals surface area contributed by atoms with Gasteiger partial charge in [-0.25, -0.2) is 0 Å². The summed E-state index contributed by atoms with van der Waals surface area (Å²) in [5, 5.41) is 0. The lowest BCUT2D eigenvalue weighted by Gasteiger charge is -1.97. The molecule has 0 unspecified atom stereocenters. The first-order valence-electron chi connectivity index (χ1n) is 5.33. The molecule has 0 heterocycles. The summed E-state index contributed by atoms with van der Waals surface area (Å²) in [5.41, 5.74) is 3.25. The molecule has 1 rings (SSSR count). The van der Waals surface area contributed by atoms with E-state index in [9.17, 15) is 0 Å². The summed E-state index contributed by atoms with van der Waals surface area (Å²) in [4.78, 5) is 0. The topological polar surface area (TPSA) is 0 Å². The van der Waals surface area contributed by atoms with Crippen LogP contribution in [0.1, 0.15) is 33.6 Å².